The van der Waals surface area contributed by atoms with Crippen LogP contribution in [0, 0.1) is 0 Å². The summed E-state index contributed by atoms with van der Waals surface area (Å²) in [5, 5.41) is 3.52. The van der Waals surface area contributed by atoms with Crippen LogP contribution in [0.1, 0.15) is 31.5 Å². The highest BCUT2D eigenvalue weighted by Gasteiger charge is 2.38. The number of aromatic nitrogens is 1. The Morgan fingerprint density at radius 3 is 3.09 bits per heavy atom. The van der Waals surface area contributed by atoms with E-state index in [-0.39, 0.29) is 6.10 Å². The SMILES string of the molecule is CCN1CCc2nc(OC3C[C@H]4CNC[C@@H](C)N4C3)ccc2C1. The lowest BCUT2D eigenvalue weighted by atomic mass is 10.1. The van der Waals surface area contributed by atoms with E-state index in [1.54, 1.807) is 0 Å². The smallest absolute Gasteiger partial charge is 0.213 e. The summed E-state index contributed by atoms with van der Waals surface area (Å²) in [5.41, 5.74) is 2.60. The minimum Gasteiger partial charge on any atom is -0.473 e. The molecule has 1 unspecified atom stereocenters. The topological polar surface area (TPSA) is 40.6 Å². The molecule has 0 amide bonds. The van der Waals surface area contributed by atoms with Crippen LogP contribution in [0.5, 0.6) is 5.88 Å². The molecule has 3 aliphatic rings. The number of fused-ring (bicyclic) bond motifs is 2. The van der Waals surface area contributed by atoms with Gasteiger partial charge in [0, 0.05) is 63.7 Å². The van der Waals surface area contributed by atoms with Crippen LogP contribution in [-0.2, 0) is 13.0 Å². The van der Waals surface area contributed by atoms with Crippen molar-refractivity contribution < 1.29 is 4.74 Å². The highest BCUT2D eigenvalue weighted by atomic mass is 16.5. The second kappa shape index (κ2) is 6.38. The van der Waals surface area contributed by atoms with Crippen molar-refractivity contribution >= 4 is 0 Å². The summed E-state index contributed by atoms with van der Waals surface area (Å²) in [5.74, 6) is 0.819. The Hall–Kier alpha value is -1.17. The van der Waals surface area contributed by atoms with Gasteiger partial charge in [-0.15, -0.1) is 0 Å². The first-order valence-electron chi connectivity index (χ1n) is 9.07. The van der Waals surface area contributed by atoms with Crippen LogP contribution in [-0.4, -0.2) is 65.7 Å². The molecule has 3 atom stereocenters. The Balaban J connectivity index is 1.42. The summed E-state index contributed by atoms with van der Waals surface area (Å²) in [7, 11) is 0. The molecule has 2 fully saturated rings. The van der Waals surface area contributed by atoms with Gasteiger partial charge in [0.25, 0.3) is 0 Å². The minimum absolute atomic E-state index is 0.281. The Morgan fingerprint density at radius 1 is 1.35 bits per heavy atom. The zero-order valence-electron chi connectivity index (χ0n) is 14.3. The first-order valence-corrected chi connectivity index (χ1v) is 9.07. The summed E-state index contributed by atoms with van der Waals surface area (Å²) in [6, 6.07) is 5.52. The van der Waals surface area contributed by atoms with Crippen molar-refractivity contribution in [2.75, 3.05) is 32.7 Å². The molecule has 0 spiro atoms. The molecule has 5 nitrogen and oxygen atoms in total. The van der Waals surface area contributed by atoms with Crippen molar-refractivity contribution in [3.05, 3.63) is 23.4 Å². The number of ether oxygens (including phenoxy) is 1. The molecule has 1 aromatic rings. The van der Waals surface area contributed by atoms with Crippen molar-refractivity contribution in [3.8, 4) is 5.88 Å². The number of hydrogen-bond donors (Lipinski definition) is 1. The Morgan fingerprint density at radius 2 is 2.26 bits per heavy atom. The summed E-state index contributed by atoms with van der Waals surface area (Å²) >= 11 is 0. The molecule has 0 bridgehead atoms. The van der Waals surface area contributed by atoms with Crippen molar-refractivity contribution in [2.24, 2.45) is 0 Å². The lowest BCUT2D eigenvalue weighted by Crippen LogP contribution is -2.53. The largest absolute Gasteiger partial charge is 0.473 e. The lowest BCUT2D eigenvalue weighted by molar-refractivity contribution is 0.137. The van der Waals surface area contributed by atoms with E-state index in [1.165, 1.54) is 11.3 Å². The molecule has 5 heteroatoms. The third kappa shape index (κ3) is 3.10. The average molecular weight is 316 g/mol. The number of nitrogens with zero attached hydrogens (tertiary/aromatic N) is 3. The Bertz CT molecular complexity index is 564. The second-order valence-electron chi connectivity index (χ2n) is 7.21. The van der Waals surface area contributed by atoms with Gasteiger partial charge in [0.05, 0.1) is 5.69 Å². The number of hydrogen-bond acceptors (Lipinski definition) is 5. The maximum Gasteiger partial charge on any atom is 0.213 e. The van der Waals surface area contributed by atoms with Gasteiger partial charge in [-0.3, -0.25) is 9.80 Å². The molecule has 0 aliphatic carbocycles. The molecule has 23 heavy (non-hydrogen) atoms. The van der Waals surface area contributed by atoms with Gasteiger partial charge in [-0.25, -0.2) is 4.98 Å². The van der Waals surface area contributed by atoms with Gasteiger partial charge in [0.2, 0.25) is 5.88 Å². The normalized spacial score (nSPS) is 31.7. The first kappa shape index (κ1) is 15.4. The summed E-state index contributed by atoms with van der Waals surface area (Å²) in [6.45, 7) is 11.0. The number of likely N-dealkylation sites (N-methyl/N-ethyl adjacent to an activating group) is 1. The molecule has 1 aromatic heterocycles. The van der Waals surface area contributed by atoms with Gasteiger partial charge in [-0.2, -0.15) is 0 Å². The fourth-order valence-electron chi connectivity index (χ4n) is 4.26. The molecule has 4 heterocycles. The summed E-state index contributed by atoms with van der Waals surface area (Å²) in [4.78, 5) is 9.86. The third-order valence-electron chi connectivity index (χ3n) is 5.64. The van der Waals surface area contributed by atoms with E-state index in [0.29, 0.717) is 12.1 Å². The molecule has 0 aromatic carbocycles. The maximum absolute atomic E-state index is 6.24. The van der Waals surface area contributed by atoms with Crippen molar-refractivity contribution in [1.82, 2.24) is 20.1 Å². The van der Waals surface area contributed by atoms with Crippen LogP contribution < -0.4 is 10.1 Å². The van der Waals surface area contributed by atoms with Crippen LogP contribution in [0.2, 0.25) is 0 Å². The van der Waals surface area contributed by atoms with Gasteiger partial charge in [-0.05, 0) is 19.0 Å². The maximum atomic E-state index is 6.24. The molecule has 0 saturated carbocycles. The molecule has 3 aliphatic heterocycles. The Labute approximate surface area is 139 Å². The summed E-state index contributed by atoms with van der Waals surface area (Å²) < 4.78 is 6.24. The second-order valence-corrected chi connectivity index (χ2v) is 7.21. The molecule has 1 N–H and O–H groups in total. The van der Waals surface area contributed by atoms with E-state index < -0.39 is 0 Å². The van der Waals surface area contributed by atoms with E-state index in [9.17, 15) is 0 Å². The van der Waals surface area contributed by atoms with Crippen LogP contribution in [0.4, 0.5) is 0 Å². The molecule has 4 rings (SSSR count). The van der Waals surface area contributed by atoms with Crippen molar-refractivity contribution in [3.63, 3.8) is 0 Å². The van der Waals surface area contributed by atoms with E-state index in [0.717, 1.165) is 58.0 Å². The zero-order chi connectivity index (χ0) is 15.8. The van der Waals surface area contributed by atoms with Gasteiger partial charge in [0.15, 0.2) is 0 Å². The van der Waals surface area contributed by atoms with Crippen LogP contribution in [0.25, 0.3) is 0 Å². The van der Waals surface area contributed by atoms with E-state index in [2.05, 4.69) is 41.1 Å². The van der Waals surface area contributed by atoms with Gasteiger partial charge >= 0.3 is 0 Å². The quantitative estimate of drug-likeness (QED) is 0.909. The number of pyridine rings is 1. The lowest BCUT2D eigenvalue weighted by Gasteiger charge is -2.35. The Kier molecular flexibility index (Phi) is 4.26. The van der Waals surface area contributed by atoms with E-state index in [1.807, 2.05) is 0 Å². The number of piperazine rings is 1. The van der Waals surface area contributed by atoms with Crippen LogP contribution >= 0.6 is 0 Å². The highest BCUT2D eigenvalue weighted by Crippen LogP contribution is 2.27. The third-order valence-corrected chi connectivity index (χ3v) is 5.64. The van der Waals surface area contributed by atoms with Crippen LogP contribution in [0.3, 0.4) is 0 Å². The van der Waals surface area contributed by atoms with Gasteiger partial charge < -0.3 is 10.1 Å². The summed E-state index contributed by atoms with van der Waals surface area (Å²) in [6.07, 6.45) is 2.43. The van der Waals surface area contributed by atoms with Crippen LogP contribution in [0.15, 0.2) is 12.1 Å². The molecular formula is C18H28N4O. The first-order chi connectivity index (χ1) is 11.2. The average Bonchev–Trinajstić information content (AvgIpc) is 2.98. The van der Waals surface area contributed by atoms with Gasteiger partial charge in [0.1, 0.15) is 6.10 Å². The van der Waals surface area contributed by atoms with E-state index >= 15 is 0 Å². The highest BCUT2D eigenvalue weighted by molar-refractivity contribution is 5.28. The van der Waals surface area contributed by atoms with Gasteiger partial charge in [-0.1, -0.05) is 13.0 Å². The standard InChI is InChI=1S/C18H28N4O/c1-3-21-7-6-17-14(11-21)4-5-18(20-17)23-16-8-15-10-19-9-13(2)22(15)12-16/h4-5,13,15-16,19H,3,6-12H2,1-2H3/t13-,15+,16?/m1/s1. The number of nitrogens with one attached hydrogen (secondary N) is 1. The fourth-order valence-corrected chi connectivity index (χ4v) is 4.26. The molecule has 126 valence electrons. The predicted octanol–water partition coefficient (Wildman–Crippen LogP) is 1.27. The zero-order valence-corrected chi connectivity index (χ0v) is 14.3. The fraction of sp³-hybridized carbons (Fsp3) is 0.722. The van der Waals surface area contributed by atoms with Crippen molar-refractivity contribution in [1.29, 1.82) is 0 Å². The molecular weight excluding hydrogens is 288 g/mol. The molecule has 0 radical (unpaired) electrons. The monoisotopic (exact) mass is 316 g/mol. The van der Waals surface area contributed by atoms with E-state index in [4.69, 9.17) is 9.72 Å². The number of rotatable bonds is 3. The predicted molar refractivity (Wildman–Crippen MR) is 90.8 cm³/mol. The van der Waals surface area contributed by atoms with Crippen molar-refractivity contribution in [2.45, 2.75) is 51.4 Å². The molecule has 2 saturated heterocycles. The minimum atomic E-state index is 0.281.